The molecule has 4 saturated carbocycles. The number of nitrogens with one attached hydrogen (secondary N) is 2. The maximum atomic E-state index is 12.5. The van der Waals surface area contributed by atoms with Crippen LogP contribution in [-0.4, -0.2) is 52.7 Å². The fourth-order valence-electron chi connectivity index (χ4n) is 5.95. The van der Waals surface area contributed by atoms with Crippen LogP contribution in [0, 0.1) is 17.8 Å². The molecule has 3 N–H and O–H groups in total. The van der Waals surface area contributed by atoms with Crippen molar-refractivity contribution in [3.63, 3.8) is 0 Å². The standard InChI is InChI=1S/C18H29N3O3/c1-11(22)21-4-2-15(3-5-21)19-17(24)20-18-8-12-6-13(9-18)16(23)14(7-12)10-18/h12-16,23H,2-10H2,1H3,(H2,19,20,24)/t12?,13-,14?,16?,18?/m0/s1. The molecule has 0 aromatic heterocycles. The van der Waals surface area contributed by atoms with Crippen molar-refractivity contribution in [2.75, 3.05) is 13.1 Å². The second kappa shape index (κ2) is 5.90. The summed E-state index contributed by atoms with van der Waals surface area (Å²) in [5.74, 6) is 1.53. The zero-order valence-electron chi connectivity index (χ0n) is 14.5. The molecule has 0 aromatic rings. The zero-order chi connectivity index (χ0) is 16.9. The number of aliphatic hydroxyl groups excluding tert-OH is 1. The van der Waals surface area contributed by atoms with E-state index in [1.54, 1.807) is 6.92 Å². The molecule has 4 aliphatic carbocycles. The molecule has 6 heteroatoms. The maximum absolute atomic E-state index is 12.5. The van der Waals surface area contributed by atoms with Gasteiger partial charge in [0.2, 0.25) is 5.91 Å². The minimum absolute atomic E-state index is 0.0623. The van der Waals surface area contributed by atoms with Crippen molar-refractivity contribution in [3.05, 3.63) is 0 Å². The van der Waals surface area contributed by atoms with Gasteiger partial charge in [-0.05, 0) is 62.7 Å². The highest BCUT2D eigenvalue weighted by Gasteiger charge is 2.55. The molecule has 5 atom stereocenters. The van der Waals surface area contributed by atoms with Gasteiger partial charge in [-0.1, -0.05) is 0 Å². The molecule has 24 heavy (non-hydrogen) atoms. The van der Waals surface area contributed by atoms with Gasteiger partial charge < -0.3 is 20.6 Å². The Morgan fingerprint density at radius 1 is 1.08 bits per heavy atom. The van der Waals surface area contributed by atoms with Crippen molar-refractivity contribution in [1.29, 1.82) is 0 Å². The van der Waals surface area contributed by atoms with Crippen LogP contribution < -0.4 is 10.6 Å². The van der Waals surface area contributed by atoms with Crippen LogP contribution in [0.3, 0.4) is 0 Å². The lowest BCUT2D eigenvalue weighted by molar-refractivity contribution is -0.129. The lowest BCUT2D eigenvalue weighted by Crippen LogP contribution is -2.65. The summed E-state index contributed by atoms with van der Waals surface area (Å²) in [4.78, 5) is 25.7. The molecular weight excluding hydrogens is 306 g/mol. The maximum Gasteiger partial charge on any atom is 0.315 e. The molecule has 0 radical (unpaired) electrons. The Hall–Kier alpha value is -1.30. The number of piperidine rings is 1. The molecule has 5 aliphatic rings. The number of rotatable bonds is 2. The third kappa shape index (κ3) is 2.89. The molecule has 6 nitrogen and oxygen atoms in total. The van der Waals surface area contributed by atoms with E-state index in [1.165, 1.54) is 0 Å². The molecule has 5 rings (SSSR count). The molecule has 1 aliphatic heterocycles. The van der Waals surface area contributed by atoms with Crippen LogP contribution in [-0.2, 0) is 4.79 Å². The van der Waals surface area contributed by atoms with Crippen molar-refractivity contribution in [3.8, 4) is 0 Å². The first-order chi connectivity index (χ1) is 11.4. The van der Waals surface area contributed by atoms with Crippen LogP contribution in [0.15, 0.2) is 0 Å². The Morgan fingerprint density at radius 3 is 2.29 bits per heavy atom. The van der Waals surface area contributed by atoms with E-state index in [9.17, 15) is 14.7 Å². The Bertz CT molecular complexity index is 514. The first kappa shape index (κ1) is 16.2. The SMILES string of the molecule is CC(=O)N1CCC(NC(=O)NC23CC4CC(C2)C(O)[C@@H](C4)C3)CC1. The summed E-state index contributed by atoms with van der Waals surface area (Å²) in [7, 11) is 0. The van der Waals surface area contributed by atoms with E-state index in [0.29, 0.717) is 17.8 Å². The number of likely N-dealkylation sites (tertiary alicyclic amines) is 1. The quantitative estimate of drug-likeness (QED) is 0.710. The van der Waals surface area contributed by atoms with Gasteiger partial charge >= 0.3 is 6.03 Å². The first-order valence-electron chi connectivity index (χ1n) is 9.46. The molecule has 1 heterocycles. The van der Waals surface area contributed by atoms with Crippen LogP contribution in [0.1, 0.15) is 51.9 Å². The smallest absolute Gasteiger partial charge is 0.315 e. The number of aliphatic hydroxyl groups is 1. The molecule has 4 unspecified atom stereocenters. The van der Waals surface area contributed by atoms with Gasteiger partial charge in [0.1, 0.15) is 0 Å². The van der Waals surface area contributed by atoms with E-state index in [-0.39, 0.29) is 29.6 Å². The Balaban J connectivity index is 1.32. The van der Waals surface area contributed by atoms with Gasteiger partial charge in [-0.3, -0.25) is 4.79 Å². The van der Waals surface area contributed by atoms with Crippen LogP contribution in [0.25, 0.3) is 0 Å². The zero-order valence-corrected chi connectivity index (χ0v) is 14.5. The third-order valence-electron chi connectivity index (χ3n) is 6.88. The largest absolute Gasteiger partial charge is 0.393 e. The summed E-state index contributed by atoms with van der Waals surface area (Å²) >= 11 is 0. The van der Waals surface area contributed by atoms with Crippen molar-refractivity contribution < 1.29 is 14.7 Å². The molecular formula is C18H29N3O3. The van der Waals surface area contributed by atoms with Crippen LogP contribution >= 0.6 is 0 Å². The van der Waals surface area contributed by atoms with E-state index in [4.69, 9.17) is 0 Å². The summed E-state index contributed by atoms with van der Waals surface area (Å²) in [6.45, 7) is 3.05. The number of carbonyl (C=O) groups is 2. The predicted molar refractivity (Wildman–Crippen MR) is 89.2 cm³/mol. The highest BCUT2D eigenvalue weighted by Crippen LogP contribution is 2.55. The van der Waals surface area contributed by atoms with E-state index in [0.717, 1.165) is 58.0 Å². The molecule has 1 saturated heterocycles. The fourth-order valence-corrected chi connectivity index (χ4v) is 5.95. The summed E-state index contributed by atoms with van der Waals surface area (Å²) < 4.78 is 0. The number of urea groups is 1. The van der Waals surface area contributed by atoms with Gasteiger partial charge in [-0.15, -0.1) is 0 Å². The fraction of sp³-hybridized carbons (Fsp3) is 0.889. The van der Waals surface area contributed by atoms with Gasteiger partial charge in [0, 0.05) is 31.6 Å². The molecule has 3 amide bonds. The van der Waals surface area contributed by atoms with Gasteiger partial charge in [0.05, 0.1) is 6.10 Å². The van der Waals surface area contributed by atoms with Crippen LogP contribution in [0.4, 0.5) is 4.79 Å². The molecule has 4 bridgehead atoms. The van der Waals surface area contributed by atoms with Gasteiger partial charge in [-0.2, -0.15) is 0 Å². The number of carbonyl (C=O) groups excluding carboxylic acids is 2. The summed E-state index contributed by atoms with van der Waals surface area (Å²) in [5.41, 5.74) is -0.0973. The Labute approximate surface area is 143 Å². The van der Waals surface area contributed by atoms with Gasteiger partial charge in [0.25, 0.3) is 0 Å². The first-order valence-corrected chi connectivity index (χ1v) is 9.46. The normalized spacial score (nSPS) is 41.3. The lowest BCUT2D eigenvalue weighted by atomic mass is 9.52. The van der Waals surface area contributed by atoms with Crippen LogP contribution in [0.5, 0.6) is 0 Å². The van der Waals surface area contributed by atoms with E-state index >= 15 is 0 Å². The molecule has 0 spiro atoms. The van der Waals surface area contributed by atoms with Gasteiger partial charge in [-0.25, -0.2) is 4.79 Å². The second-order valence-corrected chi connectivity index (χ2v) is 8.62. The number of amides is 3. The number of hydrogen-bond acceptors (Lipinski definition) is 3. The topological polar surface area (TPSA) is 81.7 Å². The predicted octanol–water partition coefficient (Wildman–Crippen LogP) is 1.24. The lowest BCUT2D eigenvalue weighted by Gasteiger charge is -2.58. The van der Waals surface area contributed by atoms with Crippen LogP contribution in [0.2, 0.25) is 0 Å². The van der Waals surface area contributed by atoms with E-state index in [1.807, 2.05) is 4.90 Å². The van der Waals surface area contributed by atoms with Crippen molar-refractivity contribution >= 4 is 11.9 Å². The summed E-state index contributed by atoms with van der Waals surface area (Å²) in [6, 6.07) is 0.0906. The summed E-state index contributed by atoms with van der Waals surface area (Å²) in [6.07, 6.45) is 6.69. The van der Waals surface area contributed by atoms with E-state index < -0.39 is 0 Å². The Morgan fingerprint density at radius 2 is 1.71 bits per heavy atom. The van der Waals surface area contributed by atoms with Crippen molar-refractivity contribution in [2.24, 2.45) is 17.8 Å². The number of nitrogens with zero attached hydrogens (tertiary/aromatic N) is 1. The minimum Gasteiger partial charge on any atom is -0.393 e. The minimum atomic E-state index is -0.157. The van der Waals surface area contributed by atoms with Crippen molar-refractivity contribution in [2.45, 2.75) is 69.6 Å². The monoisotopic (exact) mass is 335 g/mol. The molecule has 0 aromatic carbocycles. The number of hydrogen-bond donors (Lipinski definition) is 3. The van der Waals surface area contributed by atoms with Gasteiger partial charge in [0.15, 0.2) is 0 Å². The van der Waals surface area contributed by atoms with Crippen molar-refractivity contribution in [1.82, 2.24) is 15.5 Å². The summed E-state index contributed by atoms with van der Waals surface area (Å²) in [5, 5.41) is 16.7. The second-order valence-electron chi connectivity index (χ2n) is 8.62. The highest BCUT2D eigenvalue weighted by atomic mass is 16.3. The third-order valence-corrected chi connectivity index (χ3v) is 6.88. The molecule has 5 fully saturated rings. The average Bonchev–Trinajstić information content (AvgIpc) is 2.51. The average molecular weight is 335 g/mol. The Kier molecular flexibility index (Phi) is 3.98. The highest BCUT2D eigenvalue weighted by molar-refractivity contribution is 5.75. The van der Waals surface area contributed by atoms with E-state index in [2.05, 4.69) is 10.6 Å². The molecule has 134 valence electrons.